The summed E-state index contributed by atoms with van der Waals surface area (Å²) < 4.78 is 18.3. The highest BCUT2D eigenvalue weighted by molar-refractivity contribution is 7.51. The van der Waals surface area contributed by atoms with Crippen molar-refractivity contribution in [2.75, 3.05) is 11.9 Å². The van der Waals surface area contributed by atoms with Gasteiger partial charge in [0.15, 0.2) is 11.5 Å². The van der Waals surface area contributed by atoms with Gasteiger partial charge in [-0.1, -0.05) is 13.8 Å². The molecule has 0 aliphatic heterocycles. The Morgan fingerprint density at radius 3 is 2.34 bits per heavy atom. The van der Waals surface area contributed by atoms with Gasteiger partial charge >= 0.3 is 13.6 Å². The lowest BCUT2D eigenvalue weighted by Gasteiger charge is -2.38. The molecule has 0 bridgehead atoms. The number of anilines is 1. The lowest BCUT2D eigenvalue weighted by atomic mass is 9.87. The molecule has 0 spiro atoms. The highest BCUT2D eigenvalue weighted by Gasteiger charge is 2.41. The van der Waals surface area contributed by atoms with E-state index in [9.17, 15) is 24.3 Å². The van der Waals surface area contributed by atoms with E-state index in [0.29, 0.717) is 12.8 Å². The first kappa shape index (κ1) is 23.2. The SMILES string of the molecule is CCC(CC)([C@@H](O)CP(=O)(O)O)n1cnc2c(N)nc(C(=O)OC(C)(C)C)nc21. The first-order valence-electron chi connectivity index (χ1n) is 9.21. The number of carbonyl (C=O) groups is 1. The number of aromatic nitrogens is 4. The predicted octanol–water partition coefficient (Wildman–Crippen LogP) is 1.42. The Morgan fingerprint density at radius 2 is 1.86 bits per heavy atom. The Balaban J connectivity index is 2.64. The molecule has 0 fully saturated rings. The molecule has 1 atom stereocenters. The topological polar surface area (TPSA) is 174 Å². The number of ether oxygens (including phenoxy) is 1. The van der Waals surface area contributed by atoms with Crippen LogP contribution in [0.3, 0.4) is 0 Å². The monoisotopic (exact) mass is 429 g/mol. The number of nitrogens with two attached hydrogens (primary N) is 1. The van der Waals surface area contributed by atoms with E-state index >= 15 is 0 Å². The molecule has 2 aromatic rings. The van der Waals surface area contributed by atoms with Gasteiger partial charge in [-0.05, 0) is 33.6 Å². The van der Waals surface area contributed by atoms with Crippen LogP contribution in [0.25, 0.3) is 11.2 Å². The maximum atomic E-state index is 12.4. The molecule has 5 N–H and O–H groups in total. The number of carbonyl (C=O) groups excluding carboxylic acids is 1. The molecule has 29 heavy (non-hydrogen) atoms. The van der Waals surface area contributed by atoms with E-state index in [1.54, 1.807) is 34.6 Å². The second-order valence-electron chi connectivity index (χ2n) is 7.89. The van der Waals surface area contributed by atoms with Crippen LogP contribution in [-0.2, 0) is 14.8 Å². The maximum absolute atomic E-state index is 12.4. The van der Waals surface area contributed by atoms with Crippen molar-refractivity contribution in [2.24, 2.45) is 0 Å². The van der Waals surface area contributed by atoms with Gasteiger partial charge in [-0.2, -0.15) is 0 Å². The fraction of sp³-hybridized carbons (Fsp3) is 0.647. The van der Waals surface area contributed by atoms with Gasteiger partial charge in [0.2, 0.25) is 5.82 Å². The minimum Gasteiger partial charge on any atom is -0.454 e. The molecule has 0 saturated carbocycles. The van der Waals surface area contributed by atoms with Crippen molar-refractivity contribution < 1.29 is 29.0 Å². The van der Waals surface area contributed by atoms with Crippen molar-refractivity contribution in [1.82, 2.24) is 19.5 Å². The molecule has 0 amide bonds. The zero-order valence-corrected chi connectivity index (χ0v) is 18.1. The van der Waals surface area contributed by atoms with Crippen LogP contribution in [0.2, 0.25) is 0 Å². The average molecular weight is 429 g/mol. The summed E-state index contributed by atoms with van der Waals surface area (Å²) in [6.07, 6.45) is -0.0982. The largest absolute Gasteiger partial charge is 0.454 e. The molecule has 0 unspecified atom stereocenters. The highest BCUT2D eigenvalue weighted by atomic mass is 31.2. The molecular formula is C17H28N5O6P. The zero-order chi connectivity index (χ0) is 22.2. The molecule has 11 nitrogen and oxygen atoms in total. The minimum absolute atomic E-state index is 0.0415. The molecular weight excluding hydrogens is 401 g/mol. The van der Waals surface area contributed by atoms with Gasteiger partial charge in [0.05, 0.1) is 24.1 Å². The van der Waals surface area contributed by atoms with Crippen LogP contribution >= 0.6 is 7.60 Å². The number of imidazole rings is 1. The van der Waals surface area contributed by atoms with Crippen LogP contribution in [0.15, 0.2) is 6.33 Å². The molecule has 0 saturated heterocycles. The normalized spacial score (nSPS) is 14.2. The maximum Gasteiger partial charge on any atom is 0.377 e. The molecule has 2 heterocycles. The summed E-state index contributed by atoms with van der Waals surface area (Å²) in [7, 11) is -4.48. The lowest BCUT2D eigenvalue weighted by Crippen LogP contribution is -2.46. The molecule has 12 heteroatoms. The third kappa shape index (κ3) is 4.92. The van der Waals surface area contributed by atoms with E-state index in [1.807, 2.05) is 0 Å². The van der Waals surface area contributed by atoms with Crippen LogP contribution in [0.1, 0.15) is 58.1 Å². The van der Waals surface area contributed by atoms with E-state index in [4.69, 9.17) is 10.5 Å². The van der Waals surface area contributed by atoms with Gasteiger partial charge in [-0.15, -0.1) is 0 Å². The van der Waals surface area contributed by atoms with E-state index in [0.717, 1.165) is 0 Å². The van der Waals surface area contributed by atoms with Crippen LogP contribution < -0.4 is 5.73 Å². The number of aliphatic hydroxyl groups is 1. The lowest BCUT2D eigenvalue weighted by molar-refractivity contribution is 0.00558. The zero-order valence-electron chi connectivity index (χ0n) is 17.2. The average Bonchev–Trinajstić information content (AvgIpc) is 2.98. The van der Waals surface area contributed by atoms with Crippen molar-refractivity contribution in [1.29, 1.82) is 0 Å². The van der Waals surface area contributed by atoms with E-state index in [1.165, 1.54) is 10.9 Å². The van der Waals surface area contributed by atoms with Crippen LogP contribution in [0.5, 0.6) is 0 Å². The Kier molecular flexibility index (Phi) is 6.39. The Labute approximate surface area is 168 Å². The fourth-order valence-corrected chi connectivity index (χ4v) is 4.07. The van der Waals surface area contributed by atoms with Crippen molar-refractivity contribution >= 4 is 30.5 Å². The van der Waals surface area contributed by atoms with Crippen molar-refractivity contribution in [2.45, 2.75) is 64.7 Å². The third-order valence-electron chi connectivity index (χ3n) is 4.74. The van der Waals surface area contributed by atoms with Gasteiger partial charge in [-0.3, -0.25) is 4.57 Å². The molecule has 162 valence electrons. The van der Waals surface area contributed by atoms with E-state index in [-0.39, 0.29) is 22.8 Å². The second-order valence-corrected chi connectivity index (χ2v) is 9.59. The third-order valence-corrected chi connectivity index (χ3v) is 5.56. The summed E-state index contributed by atoms with van der Waals surface area (Å²) in [6, 6.07) is 0. The minimum atomic E-state index is -4.48. The Morgan fingerprint density at radius 1 is 1.28 bits per heavy atom. The number of hydrogen-bond donors (Lipinski definition) is 4. The van der Waals surface area contributed by atoms with Crippen molar-refractivity contribution in [3.05, 3.63) is 12.2 Å². The van der Waals surface area contributed by atoms with Gasteiger partial charge in [-0.25, -0.2) is 19.7 Å². The van der Waals surface area contributed by atoms with Crippen LogP contribution in [0.4, 0.5) is 5.82 Å². The molecule has 0 aliphatic carbocycles. The second kappa shape index (κ2) is 7.98. The number of nitrogens with zero attached hydrogens (tertiary/aromatic N) is 4. The standard InChI is InChI=1S/C17H28N5O6P/c1-6-17(7-2,10(23)8-29(25,26)27)22-9-19-11-12(18)20-13(21-14(11)22)15(24)28-16(3,4)5/h9-10,23H,6-8H2,1-5H3,(H2,18,20,21)(H2,25,26,27)/t10-/m0/s1. The number of esters is 1. The number of rotatable bonds is 7. The first-order valence-corrected chi connectivity index (χ1v) is 11.0. The first-order chi connectivity index (χ1) is 13.2. The van der Waals surface area contributed by atoms with Gasteiger partial charge < -0.3 is 29.9 Å². The molecule has 0 aliphatic rings. The summed E-state index contributed by atoms with van der Waals surface area (Å²) in [5.41, 5.74) is 4.46. The highest BCUT2D eigenvalue weighted by Crippen LogP contribution is 2.42. The van der Waals surface area contributed by atoms with Crippen molar-refractivity contribution in [3.63, 3.8) is 0 Å². The summed E-state index contributed by atoms with van der Waals surface area (Å²) in [5, 5.41) is 10.7. The summed E-state index contributed by atoms with van der Waals surface area (Å²) >= 11 is 0. The van der Waals surface area contributed by atoms with Gasteiger partial charge in [0.25, 0.3) is 0 Å². The molecule has 0 aromatic carbocycles. The summed E-state index contributed by atoms with van der Waals surface area (Å²) in [4.78, 5) is 43.5. The molecule has 2 rings (SSSR count). The Hall–Kier alpha value is -2.07. The van der Waals surface area contributed by atoms with Crippen LogP contribution in [0, 0.1) is 0 Å². The van der Waals surface area contributed by atoms with Crippen LogP contribution in [-0.4, -0.2) is 58.2 Å². The van der Waals surface area contributed by atoms with E-state index in [2.05, 4.69) is 15.0 Å². The quantitative estimate of drug-likeness (QED) is 0.372. The van der Waals surface area contributed by atoms with Crippen molar-refractivity contribution in [3.8, 4) is 0 Å². The number of nitrogen functional groups attached to an aromatic ring is 1. The summed E-state index contributed by atoms with van der Waals surface area (Å²) in [5.74, 6) is -1.08. The summed E-state index contributed by atoms with van der Waals surface area (Å²) in [6.45, 7) is 8.66. The fourth-order valence-electron chi connectivity index (χ4n) is 3.28. The smallest absolute Gasteiger partial charge is 0.377 e. The number of hydrogen-bond acceptors (Lipinski definition) is 8. The van der Waals surface area contributed by atoms with E-state index < -0.39 is 37.0 Å². The number of fused-ring (bicyclic) bond motifs is 1. The Bertz CT molecular complexity index is 944. The molecule has 2 aromatic heterocycles. The number of aliphatic hydroxyl groups excluding tert-OH is 1. The molecule has 0 radical (unpaired) electrons. The van der Waals surface area contributed by atoms with Gasteiger partial charge in [0.1, 0.15) is 11.1 Å². The van der Waals surface area contributed by atoms with Gasteiger partial charge in [0, 0.05) is 0 Å². The predicted molar refractivity (Wildman–Crippen MR) is 106 cm³/mol.